The van der Waals surface area contributed by atoms with Crippen LogP contribution in [-0.4, -0.2) is 18.3 Å². The number of rotatable bonds is 8. The van der Waals surface area contributed by atoms with Crippen molar-refractivity contribution in [2.75, 3.05) is 13.2 Å². The predicted molar refractivity (Wildman–Crippen MR) is 73.4 cm³/mol. The molecule has 1 rings (SSSR count). The Hall–Kier alpha value is -0.570. The zero-order valence-corrected chi connectivity index (χ0v) is 11.2. The van der Waals surface area contributed by atoms with E-state index in [-0.39, 0.29) is 6.61 Å². The Bertz CT molecular complexity index is 300. The molecule has 0 fully saturated rings. The lowest BCUT2D eigenvalue weighted by molar-refractivity contribution is 0.282. The molecular weight excluding hydrogens is 234 g/mol. The first-order chi connectivity index (χ1) is 8.27. The van der Waals surface area contributed by atoms with E-state index < -0.39 is 0 Å². The van der Waals surface area contributed by atoms with Gasteiger partial charge in [0.05, 0.1) is 0 Å². The molecule has 0 aliphatic carbocycles. The fourth-order valence-electron chi connectivity index (χ4n) is 1.88. The molecule has 0 heterocycles. The molecule has 1 aromatic carbocycles. The third-order valence-electron chi connectivity index (χ3n) is 2.83. The van der Waals surface area contributed by atoms with Crippen LogP contribution >= 0.6 is 11.6 Å². The van der Waals surface area contributed by atoms with Crippen LogP contribution in [0, 0.1) is 0 Å². The fourth-order valence-corrected chi connectivity index (χ4v) is 2.01. The first-order valence-corrected chi connectivity index (χ1v) is 6.75. The van der Waals surface area contributed by atoms with Crippen molar-refractivity contribution in [3.63, 3.8) is 0 Å². The molecule has 0 radical (unpaired) electrons. The highest BCUT2D eigenvalue weighted by Crippen LogP contribution is 2.20. The summed E-state index contributed by atoms with van der Waals surface area (Å²) in [7, 11) is 0. The molecule has 17 heavy (non-hydrogen) atoms. The second-order valence-corrected chi connectivity index (χ2v) is 4.71. The van der Waals surface area contributed by atoms with Crippen molar-refractivity contribution in [1.82, 2.24) is 5.32 Å². The Morgan fingerprint density at radius 3 is 2.53 bits per heavy atom. The van der Waals surface area contributed by atoms with E-state index in [4.69, 9.17) is 16.7 Å². The zero-order valence-electron chi connectivity index (χ0n) is 10.5. The van der Waals surface area contributed by atoms with Gasteiger partial charge < -0.3 is 10.4 Å². The number of aliphatic hydroxyl groups is 1. The van der Waals surface area contributed by atoms with Gasteiger partial charge in [-0.15, -0.1) is 0 Å². The summed E-state index contributed by atoms with van der Waals surface area (Å²) in [6.45, 7) is 3.42. The summed E-state index contributed by atoms with van der Waals surface area (Å²) in [5, 5.41) is 13.1. The summed E-state index contributed by atoms with van der Waals surface area (Å²) in [5.41, 5.74) is 1.29. The van der Waals surface area contributed by atoms with Gasteiger partial charge in [0.25, 0.3) is 0 Å². The summed E-state index contributed by atoms with van der Waals surface area (Å²) in [5.74, 6) is 0. The lowest BCUT2D eigenvalue weighted by Crippen LogP contribution is -2.22. The van der Waals surface area contributed by atoms with E-state index in [1.807, 2.05) is 12.1 Å². The van der Waals surface area contributed by atoms with Crippen LogP contribution in [0.25, 0.3) is 0 Å². The van der Waals surface area contributed by atoms with Gasteiger partial charge in [-0.1, -0.05) is 37.1 Å². The van der Waals surface area contributed by atoms with E-state index in [1.165, 1.54) is 5.56 Å². The number of benzene rings is 1. The minimum atomic E-state index is 0.279. The van der Waals surface area contributed by atoms with Gasteiger partial charge in [-0.2, -0.15) is 0 Å². The SMILES string of the molecule is CCCC(NCCCCO)c1ccc(Cl)cc1. The van der Waals surface area contributed by atoms with Gasteiger partial charge >= 0.3 is 0 Å². The molecule has 0 amide bonds. The Labute approximate surface area is 109 Å². The molecule has 0 spiro atoms. The highest BCUT2D eigenvalue weighted by Gasteiger charge is 2.09. The number of hydrogen-bond donors (Lipinski definition) is 2. The maximum atomic E-state index is 8.74. The molecule has 2 nitrogen and oxygen atoms in total. The van der Waals surface area contributed by atoms with E-state index in [0.717, 1.165) is 37.3 Å². The lowest BCUT2D eigenvalue weighted by atomic mass is 10.0. The van der Waals surface area contributed by atoms with Gasteiger partial charge in [0.15, 0.2) is 0 Å². The molecule has 1 unspecified atom stereocenters. The van der Waals surface area contributed by atoms with Crippen LogP contribution in [0.2, 0.25) is 5.02 Å². The Kier molecular flexibility index (Phi) is 7.25. The summed E-state index contributed by atoms with van der Waals surface area (Å²) < 4.78 is 0. The molecule has 0 aliphatic rings. The van der Waals surface area contributed by atoms with Crippen molar-refractivity contribution in [3.8, 4) is 0 Å². The second-order valence-electron chi connectivity index (χ2n) is 4.28. The fraction of sp³-hybridized carbons (Fsp3) is 0.571. The maximum Gasteiger partial charge on any atom is 0.0431 e. The molecule has 0 aromatic heterocycles. The van der Waals surface area contributed by atoms with E-state index in [2.05, 4.69) is 24.4 Å². The van der Waals surface area contributed by atoms with Gasteiger partial charge in [-0.05, 0) is 43.5 Å². The number of halogens is 1. The number of unbranched alkanes of at least 4 members (excludes halogenated alkanes) is 1. The molecule has 96 valence electrons. The Balaban J connectivity index is 2.49. The van der Waals surface area contributed by atoms with Crippen molar-refractivity contribution in [3.05, 3.63) is 34.9 Å². The molecule has 0 aliphatic heterocycles. The van der Waals surface area contributed by atoms with Crippen LogP contribution in [0.4, 0.5) is 0 Å². The number of nitrogens with one attached hydrogen (secondary N) is 1. The minimum absolute atomic E-state index is 0.279. The van der Waals surface area contributed by atoms with E-state index in [0.29, 0.717) is 6.04 Å². The predicted octanol–water partition coefficient (Wildman–Crippen LogP) is 3.54. The molecule has 0 saturated carbocycles. The van der Waals surface area contributed by atoms with Crippen LogP contribution in [0.3, 0.4) is 0 Å². The summed E-state index contributed by atoms with van der Waals surface area (Å²) >= 11 is 5.89. The van der Waals surface area contributed by atoms with Gasteiger partial charge in [0.1, 0.15) is 0 Å². The summed E-state index contributed by atoms with van der Waals surface area (Å²) in [6.07, 6.45) is 4.16. The highest BCUT2D eigenvalue weighted by atomic mass is 35.5. The number of aliphatic hydroxyl groups excluding tert-OH is 1. The average molecular weight is 256 g/mol. The van der Waals surface area contributed by atoms with Crippen LogP contribution in [-0.2, 0) is 0 Å². The minimum Gasteiger partial charge on any atom is -0.396 e. The van der Waals surface area contributed by atoms with Crippen molar-refractivity contribution in [2.45, 2.75) is 38.6 Å². The topological polar surface area (TPSA) is 32.3 Å². The van der Waals surface area contributed by atoms with Crippen LogP contribution in [0.15, 0.2) is 24.3 Å². The first kappa shape index (κ1) is 14.5. The maximum absolute atomic E-state index is 8.74. The van der Waals surface area contributed by atoms with Crippen LogP contribution in [0.1, 0.15) is 44.2 Å². The van der Waals surface area contributed by atoms with E-state index >= 15 is 0 Å². The van der Waals surface area contributed by atoms with Crippen molar-refractivity contribution >= 4 is 11.6 Å². The van der Waals surface area contributed by atoms with Crippen molar-refractivity contribution in [1.29, 1.82) is 0 Å². The molecule has 0 saturated heterocycles. The van der Waals surface area contributed by atoms with Gasteiger partial charge in [-0.3, -0.25) is 0 Å². The second kappa shape index (κ2) is 8.51. The van der Waals surface area contributed by atoms with Crippen molar-refractivity contribution < 1.29 is 5.11 Å². The van der Waals surface area contributed by atoms with E-state index in [9.17, 15) is 0 Å². The van der Waals surface area contributed by atoms with Crippen LogP contribution in [0.5, 0.6) is 0 Å². The molecule has 1 aromatic rings. The molecule has 1 atom stereocenters. The molecule has 2 N–H and O–H groups in total. The van der Waals surface area contributed by atoms with Crippen LogP contribution < -0.4 is 5.32 Å². The summed E-state index contributed by atoms with van der Waals surface area (Å²) in [6, 6.07) is 8.45. The van der Waals surface area contributed by atoms with Gasteiger partial charge in [-0.25, -0.2) is 0 Å². The first-order valence-electron chi connectivity index (χ1n) is 6.37. The zero-order chi connectivity index (χ0) is 12.5. The third-order valence-corrected chi connectivity index (χ3v) is 3.08. The molecule has 0 bridgehead atoms. The molecule has 3 heteroatoms. The third kappa shape index (κ3) is 5.53. The van der Waals surface area contributed by atoms with E-state index in [1.54, 1.807) is 0 Å². The Morgan fingerprint density at radius 2 is 1.94 bits per heavy atom. The number of hydrogen-bond acceptors (Lipinski definition) is 2. The normalized spacial score (nSPS) is 12.6. The molecular formula is C14H22ClNO. The van der Waals surface area contributed by atoms with Crippen molar-refractivity contribution in [2.24, 2.45) is 0 Å². The summed E-state index contributed by atoms with van der Waals surface area (Å²) in [4.78, 5) is 0. The van der Waals surface area contributed by atoms with Gasteiger partial charge in [0.2, 0.25) is 0 Å². The monoisotopic (exact) mass is 255 g/mol. The highest BCUT2D eigenvalue weighted by molar-refractivity contribution is 6.30. The largest absolute Gasteiger partial charge is 0.396 e. The average Bonchev–Trinajstić information content (AvgIpc) is 2.34. The Morgan fingerprint density at radius 1 is 1.24 bits per heavy atom. The standard InChI is InChI=1S/C14H22ClNO/c1-2-5-14(16-10-3-4-11-17)12-6-8-13(15)9-7-12/h6-9,14,16-17H,2-5,10-11H2,1H3. The lowest BCUT2D eigenvalue weighted by Gasteiger charge is -2.18. The van der Waals surface area contributed by atoms with Gasteiger partial charge in [0, 0.05) is 17.7 Å². The smallest absolute Gasteiger partial charge is 0.0431 e. The quantitative estimate of drug-likeness (QED) is 0.697.